The van der Waals surface area contributed by atoms with Crippen molar-refractivity contribution < 1.29 is 9.53 Å². The van der Waals surface area contributed by atoms with Crippen LogP contribution in [0.25, 0.3) is 11.3 Å². The van der Waals surface area contributed by atoms with E-state index in [1.165, 1.54) is 21.9 Å². The van der Waals surface area contributed by atoms with E-state index in [9.17, 15) is 4.79 Å². The number of hydrogen-bond donors (Lipinski definition) is 1. The zero-order valence-corrected chi connectivity index (χ0v) is 16.7. The number of fused-ring (bicyclic) bond motifs is 3. The number of rotatable bonds is 4. The first-order valence-electron chi connectivity index (χ1n) is 8.97. The van der Waals surface area contributed by atoms with Crippen molar-refractivity contribution in [2.45, 2.75) is 39.7 Å². The maximum atomic E-state index is 12.6. The van der Waals surface area contributed by atoms with Crippen LogP contribution in [0.2, 0.25) is 0 Å². The van der Waals surface area contributed by atoms with Gasteiger partial charge in [0.15, 0.2) is 11.2 Å². The lowest BCUT2D eigenvalue weighted by atomic mass is 10.0. The number of anilines is 1. The Morgan fingerprint density at radius 1 is 1.26 bits per heavy atom. The van der Waals surface area contributed by atoms with Crippen LogP contribution in [0.1, 0.15) is 28.6 Å². The molecule has 4 rings (SSSR count). The van der Waals surface area contributed by atoms with Crippen molar-refractivity contribution in [1.82, 2.24) is 14.8 Å². The minimum Gasteiger partial charge on any atom is -0.481 e. The molecule has 140 valence electrons. The van der Waals surface area contributed by atoms with Crippen LogP contribution in [0.4, 0.5) is 5.13 Å². The summed E-state index contributed by atoms with van der Waals surface area (Å²) >= 11 is 1.53. The Balaban J connectivity index is 1.48. The highest BCUT2D eigenvalue weighted by Gasteiger charge is 2.25. The predicted octanol–water partition coefficient (Wildman–Crippen LogP) is 3.67. The fourth-order valence-corrected chi connectivity index (χ4v) is 4.42. The van der Waals surface area contributed by atoms with Crippen LogP contribution < -0.4 is 10.1 Å². The first-order valence-corrected chi connectivity index (χ1v) is 9.79. The Bertz CT molecular complexity index is 1000. The minimum atomic E-state index is -0.610. The van der Waals surface area contributed by atoms with Gasteiger partial charge in [0.2, 0.25) is 0 Å². The third-order valence-electron chi connectivity index (χ3n) is 4.71. The zero-order valence-electron chi connectivity index (χ0n) is 15.9. The molecule has 1 aliphatic carbocycles. The molecule has 0 spiro atoms. The second kappa shape index (κ2) is 6.81. The molecule has 1 N–H and O–H groups in total. The third kappa shape index (κ3) is 3.47. The van der Waals surface area contributed by atoms with Crippen molar-refractivity contribution in [3.05, 3.63) is 46.1 Å². The maximum Gasteiger partial charge on any atom is 0.266 e. The van der Waals surface area contributed by atoms with E-state index >= 15 is 0 Å². The second-order valence-electron chi connectivity index (χ2n) is 6.99. The van der Waals surface area contributed by atoms with Gasteiger partial charge >= 0.3 is 0 Å². The average molecular weight is 382 g/mol. The summed E-state index contributed by atoms with van der Waals surface area (Å²) < 4.78 is 7.72. The molecule has 1 aliphatic rings. The predicted molar refractivity (Wildman–Crippen MR) is 106 cm³/mol. The summed E-state index contributed by atoms with van der Waals surface area (Å²) in [6.07, 6.45) is 3.11. The van der Waals surface area contributed by atoms with Gasteiger partial charge in [0.25, 0.3) is 5.91 Å². The number of nitrogens with one attached hydrogen (secondary N) is 1. The highest BCUT2D eigenvalue weighted by Crippen LogP contribution is 2.37. The third-order valence-corrected chi connectivity index (χ3v) is 5.74. The Morgan fingerprint density at radius 3 is 2.74 bits per heavy atom. The SMILES string of the molecule is Cc1cc(C)cc(O[C@@H](C)C(=O)Nc2nc3c(s2)CCc2c-3cnn2C)c1. The van der Waals surface area contributed by atoms with E-state index in [-0.39, 0.29) is 5.91 Å². The smallest absolute Gasteiger partial charge is 0.266 e. The Kier molecular flexibility index (Phi) is 4.47. The van der Waals surface area contributed by atoms with Gasteiger partial charge in [0.1, 0.15) is 5.75 Å². The summed E-state index contributed by atoms with van der Waals surface area (Å²) in [5.74, 6) is 0.500. The van der Waals surface area contributed by atoms with Crippen LogP contribution in [-0.4, -0.2) is 26.8 Å². The van der Waals surface area contributed by atoms with Gasteiger partial charge in [-0.2, -0.15) is 5.10 Å². The van der Waals surface area contributed by atoms with Crippen molar-refractivity contribution in [3.63, 3.8) is 0 Å². The summed E-state index contributed by atoms with van der Waals surface area (Å²) in [4.78, 5) is 18.4. The number of thiazole rings is 1. The van der Waals surface area contributed by atoms with Crippen molar-refractivity contribution in [2.24, 2.45) is 7.05 Å². The van der Waals surface area contributed by atoms with E-state index < -0.39 is 6.10 Å². The molecule has 0 unspecified atom stereocenters. The Labute approximate surface area is 162 Å². The molecular formula is C20H22N4O2S. The molecule has 0 fully saturated rings. The van der Waals surface area contributed by atoms with Crippen LogP contribution in [0.3, 0.4) is 0 Å². The first kappa shape index (κ1) is 17.7. The molecule has 1 aromatic carbocycles. The van der Waals surface area contributed by atoms with Crippen molar-refractivity contribution in [3.8, 4) is 17.0 Å². The number of aromatic nitrogens is 3. The van der Waals surface area contributed by atoms with Gasteiger partial charge in [-0.25, -0.2) is 4.98 Å². The number of carbonyl (C=O) groups is 1. The van der Waals surface area contributed by atoms with Crippen molar-refractivity contribution >= 4 is 22.4 Å². The highest BCUT2D eigenvalue weighted by molar-refractivity contribution is 7.16. The van der Waals surface area contributed by atoms with E-state index in [0.717, 1.165) is 35.2 Å². The normalized spacial score (nSPS) is 13.6. The molecule has 2 aromatic heterocycles. The monoisotopic (exact) mass is 382 g/mol. The molecule has 0 radical (unpaired) electrons. The number of carbonyl (C=O) groups excluding carboxylic acids is 1. The number of benzene rings is 1. The van der Waals surface area contributed by atoms with Crippen LogP contribution >= 0.6 is 11.3 Å². The number of ether oxygens (including phenoxy) is 1. The van der Waals surface area contributed by atoms with Gasteiger partial charge in [-0.05, 0) is 56.9 Å². The van der Waals surface area contributed by atoms with Crippen LogP contribution in [0, 0.1) is 13.8 Å². The van der Waals surface area contributed by atoms with Gasteiger partial charge in [-0.1, -0.05) is 6.07 Å². The van der Waals surface area contributed by atoms with Gasteiger partial charge in [0.05, 0.1) is 11.9 Å². The van der Waals surface area contributed by atoms with Gasteiger partial charge in [-0.3, -0.25) is 14.8 Å². The topological polar surface area (TPSA) is 69.0 Å². The molecule has 27 heavy (non-hydrogen) atoms. The van der Waals surface area contributed by atoms with E-state index in [2.05, 4.69) is 21.5 Å². The first-order chi connectivity index (χ1) is 12.9. The molecule has 0 saturated heterocycles. The quantitative estimate of drug-likeness (QED) is 0.748. The molecule has 6 nitrogen and oxygen atoms in total. The van der Waals surface area contributed by atoms with Crippen molar-refractivity contribution in [1.29, 1.82) is 0 Å². The average Bonchev–Trinajstić information content (AvgIpc) is 3.16. The fraction of sp³-hybridized carbons (Fsp3) is 0.350. The largest absolute Gasteiger partial charge is 0.481 e. The Hall–Kier alpha value is -2.67. The maximum absolute atomic E-state index is 12.6. The molecule has 0 bridgehead atoms. The molecule has 1 atom stereocenters. The minimum absolute atomic E-state index is 0.202. The molecule has 2 heterocycles. The zero-order chi connectivity index (χ0) is 19.1. The van der Waals surface area contributed by atoms with Crippen LogP contribution in [-0.2, 0) is 24.7 Å². The summed E-state index contributed by atoms with van der Waals surface area (Å²) in [6.45, 7) is 5.77. The van der Waals surface area contributed by atoms with Crippen molar-refractivity contribution in [2.75, 3.05) is 5.32 Å². The molecule has 1 amide bonds. The van der Waals surface area contributed by atoms with Gasteiger partial charge < -0.3 is 4.74 Å². The molecular weight excluding hydrogens is 360 g/mol. The second-order valence-corrected chi connectivity index (χ2v) is 8.08. The van der Waals surface area contributed by atoms with Gasteiger partial charge in [0, 0.05) is 23.2 Å². The van der Waals surface area contributed by atoms with Crippen LogP contribution in [0.5, 0.6) is 5.75 Å². The van der Waals surface area contributed by atoms with Gasteiger partial charge in [-0.15, -0.1) is 11.3 Å². The number of hydrogen-bond acceptors (Lipinski definition) is 5. The standard InChI is InChI=1S/C20H22N4O2S/c1-11-7-12(2)9-14(8-11)26-13(3)19(25)23-20-22-18-15-10-21-24(4)16(15)5-6-17(18)27-20/h7-10,13H,5-6H2,1-4H3,(H,22,23,25)/t13-/m0/s1. The van der Waals surface area contributed by atoms with E-state index in [4.69, 9.17) is 4.74 Å². The summed E-state index contributed by atoms with van der Waals surface area (Å²) in [5, 5.41) is 7.84. The van der Waals surface area contributed by atoms with E-state index in [0.29, 0.717) is 10.9 Å². The van der Waals surface area contributed by atoms with E-state index in [1.54, 1.807) is 6.92 Å². The lowest BCUT2D eigenvalue weighted by molar-refractivity contribution is -0.122. The van der Waals surface area contributed by atoms with Crippen LogP contribution in [0.15, 0.2) is 24.4 Å². The summed E-state index contributed by atoms with van der Waals surface area (Å²) in [7, 11) is 1.95. The molecule has 0 saturated carbocycles. The number of amides is 1. The lowest BCUT2D eigenvalue weighted by Crippen LogP contribution is -2.30. The van der Waals surface area contributed by atoms with E-state index in [1.807, 2.05) is 43.9 Å². The Morgan fingerprint density at radius 2 is 2.00 bits per heavy atom. The molecule has 0 aliphatic heterocycles. The molecule has 7 heteroatoms. The number of nitrogens with zero attached hydrogens (tertiary/aromatic N) is 3. The summed E-state index contributed by atoms with van der Waals surface area (Å²) in [6, 6.07) is 5.94. The molecule has 3 aromatic rings. The lowest BCUT2D eigenvalue weighted by Gasteiger charge is -2.14. The number of aryl methyl sites for hydroxylation is 4. The highest BCUT2D eigenvalue weighted by atomic mass is 32.1. The fourth-order valence-electron chi connectivity index (χ4n) is 3.44. The summed E-state index contributed by atoms with van der Waals surface area (Å²) in [5.41, 5.74) is 5.41.